The number of fused-ring (bicyclic) bond motifs is 1. The van der Waals surface area contributed by atoms with E-state index in [0.29, 0.717) is 11.9 Å². The largest absolute Gasteiger partial charge is 0.505 e. The number of rotatable bonds is 10. The van der Waals surface area contributed by atoms with Gasteiger partial charge in [0.1, 0.15) is 6.54 Å². The number of nitrogens with zero attached hydrogens (tertiary/aromatic N) is 2. The fourth-order valence-corrected chi connectivity index (χ4v) is 4.05. The second-order valence-electron chi connectivity index (χ2n) is 7.70. The number of carbonyl (C=O) groups excluding carboxylic acids is 2. The third kappa shape index (κ3) is 4.93. The van der Waals surface area contributed by atoms with Crippen molar-refractivity contribution >= 4 is 22.8 Å². The first-order chi connectivity index (χ1) is 15.5. The summed E-state index contributed by atoms with van der Waals surface area (Å²) in [6.45, 7) is 6.55. The normalized spacial score (nSPS) is 11.0. The number of nitrogens with one attached hydrogen (secondary N) is 1. The summed E-state index contributed by atoms with van der Waals surface area (Å²) >= 11 is 0. The van der Waals surface area contributed by atoms with E-state index in [1.54, 1.807) is 13.1 Å². The third-order valence-electron chi connectivity index (χ3n) is 5.38. The molecule has 0 fully saturated rings. The fourth-order valence-electron chi connectivity index (χ4n) is 4.05. The van der Waals surface area contributed by atoms with Crippen LogP contribution in [0.1, 0.15) is 60.9 Å². The first kappa shape index (κ1) is 23.3. The maximum atomic E-state index is 12.6. The number of ether oxygens (including phenoxy) is 1. The quantitative estimate of drug-likeness (QED) is 0.468. The molecule has 32 heavy (non-hydrogen) atoms. The Morgan fingerprint density at radius 2 is 1.81 bits per heavy atom. The van der Waals surface area contributed by atoms with Gasteiger partial charge in [-0.25, -0.2) is 4.98 Å². The van der Waals surface area contributed by atoms with Gasteiger partial charge in [-0.2, -0.15) is 0 Å². The molecule has 7 heteroatoms. The van der Waals surface area contributed by atoms with Crippen LogP contribution in [0.5, 0.6) is 5.75 Å². The summed E-state index contributed by atoms with van der Waals surface area (Å²) < 4.78 is 7.04. The van der Waals surface area contributed by atoms with Crippen molar-refractivity contribution in [3.05, 3.63) is 59.0 Å². The van der Waals surface area contributed by atoms with Crippen molar-refractivity contribution in [2.75, 3.05) is 13.2 Å². The van der Waals surface area contributed by atoms with E-state index in [1.165, 1.54) is 0 Å². The van der Waals surface area contributed by atoms with E-state index in [1.807, 2.05) is 18.2 Å². The van der Waals surface area contributed by atoms with Gasteiger partial charge in [-0.15, -0.1) is 0 Å². The van der Waals surface area contributed by atoms with Gasteiger partial charge in [0, 0.05) is 17.6 Å². The fraction of sp³-hybridized carbons (Fsp3) is 0.400. The maximum absolute atomic E-state index is 12.6. The van der Waals surface area contributed by atoms with Gasteiger partial charge in [-0.3, -0.25) is 9.59 Å². The molecule has 0 saturated carbocycles. The molecular formula is C25H31N3O4. The van der Waals surface area contributed by atoms with Gasteiger partial charge in [-0.1, -0.05) is 57.0 Å². The van der Waals surface area contributed by atoms with Crippen LogP contribution in [0.2, 0.25) is 0 Å². The van der Waals surface area contributed by atoms with Gasteiger partial charge in [0.25, 0.3) is 5.91 Å². The highest BCUT2D eigenvalue weighted by molar-refractivity contribution is 6.03. The van der Waals surface area contributed by atoms with Gasteiger partial charge in [0.15, 0.2) is 11.4 Å². The predicted octanol–water partition coefficient (Wildman–Crippen LogP) is 3.99. The standard InChI is InChI=1S/C25H31N3O4/c1-4-10-18-19(11-5-2)28(16-17-12-8-7-9-13-17)20-14-26-23(24(30)22(18)20)25(31)27-15-21(29)32-6-3/h7-9,12-14,30H,4-6,10-11,15-16H2,1-3H3,(H,27,31). The van der Waals surface area contributed by atoms with Crippen LogP contribution in [0.15, 0.2) is 36.5 Å². The minimum absolute atomic E-state index is 0.0842. The molecule has 0 spiro atoms. The lowest BCUT2D eigenvalue weighted by Crippen LogP contribution is -2.31. The topological polar surface area (TPSA) is 93.5 Å². The Bertz CT molecular complexity index is 1090. The van der Waals surface area contributed by atoms with Crippen LogP contribution in [-0.2, 0) is 28.9 Å². The zero-order valence-corrected chi connectivity index (χ0v) is 19.0. The van der Waals surface area contributed by atoms with Crippen molar-refractivity contribution < 1.29 is 19.4 Å². The molecule has 2 heterocycles. The van der Waals surface area contributed by atoms with E-state index >= 15 is 0 Å². The summed E-state index contributed by atoms with van der Waals surface area (Å²) in [7, 11) is 0. The molecule has 0 atom stereocenters. The molecule has 1 amide bonds. The molecule has 0 aliphatic heterocycles. The highest BCUT2D eigenvalue weighted by Gasteiger charge is 2.24. The second-order valence-corrected chi connectivity index (χ2v) is 7.70. The van der Waals surface area contributed by atoms with E-state index in [0.717, 1.165) is 48.0 Å². The van der Waals surface area contributed by atoms with E-state index in [9.17, 15) is 14.7 Å². The first-order valence-electron chi connectivity index (χ1n) is 11.2. The second kappa shape index (κ2) is 10.8. The first-order valence-corrected chi connectivity index (χ1v) is 11.2. The molecule has 7 nitrogen and oxygen atoms in total. The molecule has 3 aromatic rings. The maximum Gasteiger partial charge on any atom is 0.325 e. The Balaban J connectivity index is 2.08. The molecule has 0 unspecified atom stereocenters. The van der Waals surface area contributed by atoms with Crippen LogP contribution in [0.25, 0.3) is 10.9 Å². The van der Waals surface area contributed by atoms with Crippen molar-refractivity contribution in [1.29, 1.82) is 0 Å². The molecular weight excluding hydrogens is 406 g/mol. The number of hydrogen-bond donors (Lipinski definition) is 2. The number of aromatic nitrogens is 2. The van der Waals surface area contributed by atoms with Gasteiger partial charge in [0.2, 0.25) is 0 Å². The molecule has 2 N–H and O–H groups in total. The van der Waals surface area contributed by atoms with Gasteiger partial charge in [-0.05, 0) is 30.9 Å². The van der Waals surface area contributed by atoms with Crippen LogP contribution in [0.3, 0.4) is 0 Å². The third-order valence-corrected chi connectivity index (χ3v) is 5.38. The van der Waals surface area contributed by atoms with E-state index in [2.05, 4.69) is 40.8 Å². The predicted molar refractivity (Wildman–Crippen MR) is 124 cm³/mol. The van der Waals surface area contributed by atoms with E-state index in [-0.39, 0.29) is 24.6 Å². The summed E-state index contributed by atoms with van der Waals surface area (Å²) in [5, 5.41) is 14.3. The molecule has 3 rings (SSSR count). The van der Waals surface area contributed by atoms with Gasteiger partial charge < -0.3 is 19.7 Å². The Morgan fingerprint density at radius 1 is 1.09 bits per heavy atom. The van der Waals surface area contributed by atoms with Crippen LogP contribution in [-0.4, -0.2) is 39.7 Å². The van der Waals surface area contributed by atoms with E-state index in [4.69, 9.17) is 4.74 Å². The summed E-state index contributed by atoms with van der Waals surface area (Å²) in [5.41, 5.74) is 4.09. The lowest BCUT2D eigenvalue weighted by molar-refractivity contribution is -0.141. The monoisotopic (exact) mass is 437 g/mol. The summed E-state index contributed by atoms with van der Waals surface area (Å²) in [6.07, 6.45) is 5.17. The van der Waals surface area contributed by atoms with Crippen molar-refractivity contribution in [2.24, 2.45) is 0 Å². The number of carbonyl (C=O) groups is 2. The van der Waals surface area contributed by atoms with Gasteiger partial charge in [0.05, 0.1) is 18.3 Å². The van der Waals surface area contributed by atoms with Crippen molar-refractivity contribution in [2.45, 2.75) is 53.0 Å². The lowest BCUT2D eigenvalue weighted by Gasteiger charge is -2.12. The van der Waals surface area contributed by atoms with E-state index < -0.39 is 11.9 Å². The average Bonchev–Trinajstić information content (AvgIpc) is 3.07. The number of esters is 1. The highest BCUT2D eigenvalue weighted by Crippen LogP contribution is 2.36. The molecule has 1 aromatic carbocycles. The van der Waals surface area contributed by atoms with Crippen molar-refractivity contribution in [3.8, 4) is 5.75 Å². The molecule has 0 bridgehead atoms. The van der Waals surface area contributed by atoms with Gasteiger partial charge >= 0.3 is 5.97 Å². The number of benzene rings is 1. The number of amides is 1. The van der Waals surface area contributed by atoms with Crippen molar-refractivity contribution in [1.82, 2.24) is 14.9 Å². The van der Waals surface area contributed by atoms with Crippen molar-refractivity contribution in [3.63, 3.8) is 0 Å². The Hall–Kier alpha value is -3.35. The molecule has 0 radical (unpaired) electrons. The average molecular weight is 438 g/mol. The minimum Gasteiger partial charge on any atom is -0.505 e. The van der Waals surface area contributed by atoms with Crippen LogP contribution in [0, 0.1) is 0 Å². The smallest absolute Gasteiger partial charge is 0.325 e. The Kier molecular flexibility index (Phi) is 7.87. The number of aromatic hydroxyl groups is 1. The molecule has 0 aliphatic carbocycles. The molecule has 2 aromatic heterocycles. The lowest BCUT2D eigenvalue weighted by atomic mass is 10.0. The number of aryl methyl sites for hydroxylation is 1. The highest BCUT2D eigenvalue weighted by atomic mass is 16.5. The Labute approximate surface area is 188 Å². The Morgan fingerprint density at radius 3 is 2.47 bits per heavy atom. The summed E-state index contributed by atoms with van der Waals surface area (Å²) in [4.78, 5) is 28.5. The zero-order chi connectivity index (χ0) is 23.1. The van der Waals surface area contributed by atoms with Crippen LogP contribution < -0.4 is 5.32 Å². The number of pyridine rings is 1. The summed E-state index contributed by atoms with van der Waals surface area (Å²) in [5.74, 6) is -1.28. The minimum atomic E-state index is -0.604. The zero-order valence-electron chi connectivity index (χ0n) is 19.0. The SMILES string of the molecule is CCCc1c(CCC)n(Cc2ccccc2)c2cnc(C(=O)NCC(=O)OCC)c(O)c12. The van der Waals surface area contributed by atoms with Crippen LogP contribution >= 0.6 is 0 Å². The number of hydrogen-bond acceptors (Lipinski definition) is 5. The molecule has 0 saturated heterocycles. The molecule has 0 aliphatic rings. The molecule has 170 valence electrons. The van der Waals surface area contributed by atoms with Crippen LogP contribution in [0.4, 0.5) is 0 Å². The summed E-state index contributed by atoms with van der Waals surface area (Å²) in [6, 6.07) is 10.2.